The van der Waals surface area contributed by atoms with Crippen molar-refractivity contribution in [2.45, 2.75) is 24.0 Å². The molecule has 0 atom stereocenters. The second-order valence-electron chi connectivity index (χ2n) is 4.56. The van der Waals surface area contributed by atoms with E-state index in [1.807, 2.05) is 0 Å². The standard InChI is InChI=1S/C13H14FN3O2S/c14-9-1-5-11(6-2-9)19-7-8-20-13-16-15-12(18)17(13)10-3-4-10/h1-2,5-6,10H,3-4,7-8H2,(H,15,18). The quantitative estimate of drug-likeness (QED) is 0.656. The SMILES string of the molecule is O=c1[nH]nc(SCCOc2ccc(F)cc2)n1C1CC1. The molecule has 0 spiro atoms. The first-order valence-electron chi connectivity index (χ1n) is 6.42. The molecule has 3 rings (SSSR count). The maximum absolute atomic E-state index is 12.7. The number of ether oxygens (including phenoxy) is 1. The van der Waals surface area contributed by atoms with E-state index in [2.05, 4.69) is 10.2 Å². The summed E-state index contributed by atoms with van der Waals surface area (Å²) in [7, 11) is 0. The molecule has 1 aromatic carbocycles. The van der Waals surface area contributed by atoms with Crippen molar-refractivity contribution < 1.29 is 9.13 Å². The summed E-state index contributed by atoms with van der Waals surface area (Å²) in [6, 6.07) is 6.22. The fraction of sp³-hybridized carbons (Fsp3) is 0.385. The summed E-state index contributed by atoms with van der Waals surface area (Å²) in [5, 5.41) is 7.20. The molecule has 0 amide bonds. The van der Waals surface area contributed by atoms with Crippen molar-refractivity contribution in [3.05, 3.63) is 40.6 Å². The molecule has 0 unspecified atom stereocenters. The van der Waals surface area contributed by atoms with Crippen LogP contribution in [0.4, 0.5) is 4.39 Å². The van der Waals surface area contributed by atoms with E-state index in [-0.39, 0.29) is 11.5 Å². The van der Waals surface area contributed by atoms with Crippen molar-refractivity contribution in [1.82, 2.24) is 14.8 Å². The first kappa shape index (κ1) is 13.2. The van der Waals surface area contributed by atoms with Crippen LogP contribution >= 0.6 is 11.8 Å². The Bertz CT molecular complexity index is 634. The topological polar surface area (TPSA) is 59.9 Å². The maximum atomic E-state index is 12.7. The number of halogens is 1. The molecule has 0 saturated heterocycles. The van der Waals surface area contributed by atoms with Crippen LogP contribution in [-0.4, -0.2) is 27.1 Å². The van der Waals surface area contributed by atoms with Gasteiger partial charge in [-0.25, -0.2) is 14.3 Å². The monoisotopic (exact) mass is 295 g/mol. The van der Waals surface area contributed by atoms with E-state index in [0.29, 0.717) is 29.3 Å². The van der Waals surface area contributed by atoms with Gasteiger partial charge in [-0.15, -0.1) is 5.10 Å². The third kappa shape index (κ3) is 3.04. The molecule has 1 fully saturated rings. The number of benzene rings is 1. The predicted octanol–water partition coefficient (Wildman–Crippen LogP) is 2.22. The molecule has 1 heterocycles. The number of nitrogens with one attached hydrogen (secondary N) is 1. The summed E-state index contributed by atoms with van der Waals surface area (Å²) in [5.41, 5.74) is -0.144. The number of aromatic amines is 1. The van der Waals surface area contributed by atoms with Crippen LogP contribution in [0.25, 0.3) is 0 Å². The fourth-order valence-corrected chi connectivity index (χ4v) is 2.70. The molecular formula is C13H14FN3O2S. The van der Waals surface area contributed by atoms with Crippen molar-refractivity contribution >= 4 is 11.8 Å². The number of aromatic nitrogens is 3. The minimum absolute atomic E-state index is 0.144. The smallest absolute Gasteiger partial charge is 0.344 e. The Hall–Kier alpha value is -1.76. The van der Waals surface area contributed by atoms with E-state index in [4.69, 9.17) is 4.74 Å². The van der Waals surface area contributed by atoms with Gasteiger partial charge >= 0.3 is 5.69 Å². The van der Waals surface area contributed by atoms with Gasteiger partial charge in [0.1, 0.15) is 11.6 Å². The van der Waals surface area contributed by atoms with Gasteiger partial charge in [-0.2, -0.15) is 0 Å². The molecule has 0 aliphatic heterocycles. The highest BCUT2D eigenvalue weighted by Crippen LogP contribution is 2.35. The third-order valence-electron chi connectivity index (χ3n) is 2.98. The van der Waals surface area contributed by atoms with Gasteiger partial charge < -0.3 is 4.74 Å². The second-order valence-corrected chi connectivity index (χ2v) is 5.63. The highest BCUT2D eigenvalue weighted by molar-refractivity contribution is 7.99. The van der Waals surface area contributed by atoms with E-state index in [0.717, 1.165) is 12.8 Å². The lowest BCUT2D eigenvalue weighted by molar-refractivity contribution is 0.343. The van der Waals surface area contributed by atoms with E-state index in [1.165, 1.54) is 23.9 Å². The molecule has 1 aliphatic rings. The lowest BCUT2D eigenvalue weighted by atomic mass is 10.3. The molecule has 7 heteroatoms. The zero-order chi connectivity index (χ0) is 13.9. The average Bonchev–Trinajstić information content (AvgIpc) is 3.21. The van der Waals surface area contributed by atoms with Crippen molar-refractivity contribution in [2.24, 2.45) is 0 Å². The zero-order valence-electron chi connectivity index (χ0n) is 10.7. The van der Waals surface area contributed by atoms with E-state index < -0.39 is 0 Å². The molecule has 1 aromatic heterocycles. The Balaban J connectivity index is 1.50. The summed E-state index contributed by atoms with van der Waals surface area (Å²) in [5.74, 6) is 1.03. The Morgan fingerprint density at radius 3 is 2.85 bits per heavy atom. The van der Waals surface area contributed by atoms with Crippen LogP contribution < -0.4 is 10.4 Å². The maximum Gasteiger partial charge on any atom is 0.344 e. The Labute approximate surface area is 119 Å². The molecule has 106 valence electrons. The third-order valence-corrected chi connectivity index (χ3v) is 3.90. The number of hydrogen-bond acceptors (Lipinski definition) is 4. The first-order valence-corrected chi connectivity index (χ1v) is 7.40. The number of nitrogens with zero attached hydrogens (tertiary/aromatic N) is 2. The van der Waals surface area contributed by atoms with Gasteiger partial charge in [-0.05, 0) is 37.1 Å². The minimum Gasteiger partial charge on any atom is -0.493 e. The lowest BCUT2D eigenvalue weighted by Gasteiger charge is -2.06. The largest absolute Gasteiger partial charge is 0.493 e. The van der Waals surface area contributed by atoms with Crippen molar-refractivity contribution in [1.29, 1.82) is 0 Å². The highest BCUT2D eigenvalue weighted by atomic mass is 32.2. The van der Waals surface area contributed by atoms with Gasteiger partial charge in [0.15, 0.2) is 5.16 Å². The van der Waals surface area contributed by atoms with Gasteiger partial charge in [-0.3, -0.25) is 4.57 Å². The number of rotatable bonds is 6. The molecular weight excluding hydrogens is 281 g/mol. The lowest BCUT2D eigenvalue weighted by Crippen LogP contribution is -2.16. The van der Waals surface area contributed by atoms with Gasteiger partial charge in [0.2, 0.25) is 0 Å². The molecule has 1 aliphatic carbocycles. The van der Waals surface area contributed by atoms with Gasteiger partial charge in [0.05, 0.1) is 6.61 Å². The number of hydrogen-bond donors (Lipinski definition) is 1. The van der Waals surface area contributed by atoms with Crippen molar-refractivity contribution in [3.8, 4) is 5.75 Å². The van der Waals surface area contributed by atoms with E-state index in [9.17, 15) is 9.18 Å². The fourth-order valence-electron chi connectivity index (χ4n) is 1.87. The van der Waals surface area contributed by atoms with Crippen LogP contribution in [0.3, 0.4) is 0 Å². The number of thioether (sulfide) groups is 1. The van der Waals surface area contributed by atoms with Crippen LogP contribution in [0.5, 0.6) is 5.75 Å². The summed E-state index contributed by atoms with van der Waals surface area (Å²) in [6.45, 7) is 0.474. The zero-order valence-corrected chi connectivity index (χ0v) is 11.5. The van der Waals surface area contributed by atoms with Crippen LogP contribution in [-0.2, 0) is 0 Å². The number of H-pyrrole nitrogens is 1. The Kier molecular flexibility index (Phi) is 3.77. The summed E-state index contributed by atoms with van der Waals surface area (Å²) in [6.07, 6.45) is 2.08. The van der Waals surface area contributed by atoms with Crippen molar-refractivity contribution in [3.63, 3.8) is 0 Å². The highest BCUT2D eigenvalue weighted by Gasteiger charge is 2.28. The first-order chi connectivity index (χ1) is 9.74. The summed E-state index contributed by atoms with van der Waals surface area (Å²) in [4.78, 5) is 11.6. The van der Waals surface area contributed by atoms with E-state index >= 15 is 0 Å². The minimum atomic E-state index is -0.281. The molecule has 0 bridgehead atoms. The predicted molar refractivity (Wildman–Crippen MR) is 73.7 cm³/mol. The van der Waals surface area contributed by atoms with Crippen LogP contribution in [0.2, 0.25) is 0 Å². The van der Waals surface area contributed by atoms with Crippen LogP contribution in [0.1, 0.15) is 18.9 Å². The Morgan fingerprint density at radius 2 is 2.15 bits per heavy atom. The normalized spacial score (nSPS) is 14.4. The van der Waals surface area contributed by atoms with Gasteiger partial charge in [0, 0.05) is 11.8 Å². The van der Waals surface area contributed by atoms with Crippen molar-refractivity contribution in [2.75, 3.05) is 12.4 Å². The molecule has 0 radical (unpaired) electrons. The molecule has 5 nitrogen and oxygen atoms in total. The van der Waals surface area contributed by atoms with Crippen LogP contribution in [0.15, 0.2) is 34.2 Å². The van der Waals surface area contributed by atoms with E-state index in [1.54, 1.807) is 16.7 Å². The Morgan fingerprint density at radius 1 is 1.40 bits per heavy atom. The molecule has 20 heavy (non-hydrogen) atoms. The second kappa shape index (κ2) is 5.70. The molecule has 1 saturated carbocycles. The average molecular weight is 295 g/mol. The van der Waals surface area contributed by atoms with Gasteiger partial charge in [0.25, 0.3) is 0 Å². The molecule has 2 aromatic rings. The van der Waals surface area contributed by atoms with Crippen LogP contribution in [0, 0.1) is 5.82 Å². The summed E-state index contributed by atoms with van der Waals surface area (Å²) < 4.78 is 19.9. The van der Waals surface area contributed by atoms with Gasteiger partial charge in [-0.1, -0.05) is 11.8 Å². The summed E-state index contributed by atoms with van der Waals surface area (Å²) >= 11 is 1.48. The molecule has 1 N–H and O–H groups in total.